The molecule has 156 valence electrons. The second kappa shape index (κ2) is 8.50. The van der Waals surface area contributed by atoms with E-state index in [9.17, 15) is 9.90 Å². The molecule has 1 aliphatic rings. The number of fused-ring (bicyclic) bond motifs is 1. The second-order valence-electron chi connectivity index (χ2n) is 7.30. The number of nitrogens with two attached hydrogens (primary N) is 1. The van der Waals surface area contributed by atoms with Gasteiger partial charge in [0.1, 0.15) is 11.8 Å². The zero-order chi connectivity index (χ0) is 21.5. The minimum atomic E-state index is -1.45. The first kappa shape index (κ1) is 22.5. The molecule has 5 nitrogen and oxygen atoms in total. The number of halogens is 4. The first-order valence-electron chi connectivity index (χ1n) is 9.07. The van der Waals surface area contributed by atoms with Gasteiger partial charge in [0.2, 0.25) is 5.91 Å². The van der Waals surface area contributed by atoms with Crippen molar-refractivity contribution in [2.24, 2.45) is 17.6 Å². The number of amides is 1. The fourth-order valence-corrected chi connectivity index (χ4v) is 4.90. The fourth-order valence-electron chi connectivity index (χ4n) is 3.83. The van der Waals surface area contributed by atoms with E-state index in [0.29, 0.717) is 43.4 Å². The van der Waals surface area contributed by atoms with E-state index in [-0.39, 0.29) is 11.8 Å². The van der Waals surface area contributed by atoms with Crippen LogP contribution in [0.5, 0.6) is 0 Å². The maximum atomic E-state index is 13.4. The highest BCUT2D eigenvalue weighted by Crippen LogP contribution is 2.48. The van der Waals surface area contributed by atoms with Gasteiger partial charge in [-0.15, -0.1) is 0 Å². The second-order valence-corrected chi connectivity index (χ2v) is 9.02. The summed E-state index contributed by atoms with van der Waals surface area (Å²) < 4.78 is 0. The number of rotatable bonds is 5. The van der Waals surface area contributed by atoms with E-state index in [1.165, 1.54) is 0 Å². The average Bonchev–Trinajstić information content (AvgIpc) is 2.86. The van der Waals surface area contributed by atoms with Crippen LogP contribution >= 0.6 is 46.4 Å². The SMILES string of the molecule is CC[C@H](C)C(C(=O)Nc1cc(Cl)cc(Cl)c1)C1(N)c2cc(Cl)cc(Cl)c2NC1O. The minimum absolute atomic E-state index is 0.171. The van der Waals surface area contributed by atoms with Crippen molar-refractivity contribution >= 4 is 63.7 Å². The van der Waals surface area contributed by atoms with Gasteiger partial charge in [0.25, 0.3) is 0 Å². The van der Waals surface area contributed by atoms with Gasteiger partial charge in [0.05, 0.1) is 16.6 Å². The zero-order valence-electron chi connectivity index (χ0n) is 15.8. The lowest BCUT2D eigenvalue weighted by Gasteiger charge is -2.39. The van der Waals surface area contributed by atoms with E-state index in [0.717, 1.165) is 0 Å². The number of carbonyl (C=O) groups excluding carboxylic acids is 1. The standard InChI is InChI=1S/C20H21Cl4N3O2/c1-3-9(2)16(18(28)26-13-5-10(21)4-11(22)6-13)20(25)14-7-12(23)8-15(24)17(14)27-19(20)29/h4-9,16,19,27,29H,3,25H2,1-2H3,(H,26,28)/t9-,16?,19?,20?/m0/s1. The molecular weight excluding hydrogens is 456 g/mol. The molecule has 1 heterocycles. The minimum Gasteiger partial charge on any atom is -0.371 e. The molecule has 2 aromatic carbocycles. The molecule has 1 aliphatic heterocycles. The summed E-state index contributed by atoms with van der Waals surface area (Å²) >= 11 is 24.6. The smallest absolute Gasteiger partial charge is 0.230 e. The van der Waals surface area contributed by atoms with E-state index < -0.39 is 17.7 Å². The summed E-state index contributed by atoms with van der Waals surface area (Å²) in [6.45, 7) is 3.85. The summed E-state index contributed by atoms with van der Waals surface area (Å²) in [6.07, 6.45) is -0.579. The van der Waals surface area contributed by atoms with Crippen molar-refractivity contribution in [3.63, 3.8) is 0 Å². The molecule has 3 rings (SSSR count). The van der Waals surface area contributed by atoms with E-state index in [1.807, 2.05) is 13.8 Å². The molecule has 0 aromatic heterocycles. The number of carbonyl (C=O) groups is 1. The van der Waals surface area contributed by atoms with Gasteiger partial charge in [0, 0.05) is 26.3 Å². The molecule has 0 spiro atoms. The van der Waals surface area contributed by atoms with Crippen molar-refractivity contribution in [1.82, 2.24) is 0 Å². The van der Waals surface area contributed by atoms with Crippen LogP contribution in [-0.4, -0.2) is 17.2 Å². The normalized spacial score (nSPS) is 22.6. The van der Waals surface area contributed by atoms with Crippen LogP contribution in [-0.2, 0) is 10.3 Å². The van der Waals surface area contributed by atoms with Crippen molar-refractivity contribution in [2.75, 3.05) is 10.6 Å². The number of benzene rings is 2. The number of aliphatic hydroxyl groups is 1. The third-order valence-corrected chi connectivity index (χ3v) is 6.35. The molecule has 1 amide bonds. The van der Waals surface area contributed by atoms with E-state index in [1.54, 1.807) is 30.3 Å². The molecule has 0 aliphatic carbocycles. The molecule has 0 bridgehead atoms. The van der Waals surface area contributed by atoms with Crippen LogP contribution in [0.2, 0.25) is 20.1 Å². The van der Waals surface area contributed by atoms with Gasteiger partial charge in [-0.3, -0.25) is 4.79 Å². The summed E-state index contributed by atoms with van der Waals surface area (Å²) in [5.41, 5.74) is 6.69. The van der Waals surface area contributed by atoms with Crippen molar-refractivity contribution in [2.45, 2.75) is 32.0 Å². The van der Waals surface area contributed by atoms with Crippen LogP contribution in [0, 0.1) is 11.8 Å². The van der Waals surface area contributed by atoms with Gasteiger partial charge < -0.3 is 21.5 Å². The summed E-state index contributed by atoms with van der Waals surface area (Å²) in [5, 5.41) is 18.0. The molecule has 5 N–H and O–H groups in total. The largest absolute Gasteiger partial charge is 0.371 e. The monoisotopic (exact) mass is 475 g/mol. The first-order valence-corrected chi connectivity index (χ1v) is 10.6. The summed E-state index contributed by atoms with van der Waals surface area (Å²) in [6, 6.07) is 7.94. The Labute approximate surface area is 189 Å². The molecule has 0 radical (unpaired) electrons. The number of hydrogen-bond acceptors (Lipinski definition) is 4. The predicted molar refractivity (Wildman–Crippen MR) is 120 cm³/mol. The molecule has 0 saturated heterocycles. The Hall–Kier alpha value is -1.21. The Balaban J connectivity index is 2.06. The highest BCUT2D eigenvalue weighted by atomic mass is 35.5. The summed E-state index contributed by atoms with van der Waals surface area (Å²) in [7, 11) is 0. The van der Waals surface area contributed by atoms with E-state index in [4.69, 9.17) is 52.1 Å². The third kappa shape index (κ3) is 4.18. The Morgan fingerprint density at radius 2 is 1.76 bits per heavy atom. The summed E-state index contributed by atoms with van der Waals surface area (Å²) in [4.78, 5) is 13.4. The molecule has 29 heavy (non-hydrogen) atoms. The third-order valence-electron chi connectivity index (χ3n) is 5.40. The number of nitrogens with one attached hydrogen (secondary N) is 2. The van der Waals surface area contributed by atoms with Gasteiger partial charge in [0.15, 0.2) is 0 Å². The summed E-state index contributed by atoms with van der Waals surface area (Å²) in [5.74, 6) is -1.34. The number of aliphatic hydroxyl groups excluding tert-OH is 1. The van der Waals surface area contributed by atoms with Gasteiger partial charge in [-0.1, -0.05) is 66.7 Å². The molecule has 2 aromatic rings. The van der Waals surface area contributed by atoms with Gasteiger partial charge in [-0.25, -0.2) is 0 Å². The van der Waals surface area contributed by atoms with Crippen LogP contribution in [0.3, 0.4) is 0 Å². The lowest BCUT2D eigenvalue weighted by atomic mass is 9.71. The molecular formula is C20H21Cl4N3O2. The van der Waals surface area contributed by atoms with E-state index in [2.05, 4.69) is 10.6 Å². The number of hydrogen-bond donors (Lipinski definition) is 4. The van der Waals surface area contributed by atoms with E-state index >= 15 is 0 Å². The maximum absolute atomic E-state index is 13.4. The highest BCUT2D eigenvalue weighted by molar-refractivity contribution is 6.37. The van der Waals surface area contributed by atoms with Gasteiger partial charge in [-0.05, 0) is 36.2 Å². The molecule has 4 atom stereocenters. The van der Waals surface area contributed by atoms with Crippen LogP contribution in [0.1, 0.15) is 25.8 Å². The Bertz CT molecular complexity index is 935. The van der Waals surface area contributed by atoms with Crippen molar-refractivity contribution in [1.29, 1.82) is 0 Å². The molecule has 0 saturated carbocycles. The van der Waals surface area contributed by atoms with Crippen LogP contribution < -0.4 is 16.4 Å². The van der Waals surface area contributed by atoms with Crippen molar-refractivity contribution in [3.8, 4) is 0 Å². The molecule has 0 fully saturated rings. The van der Waals surface area contributed by atoms with Gasteiger partial charge in [-0.2, -0.15) is 0 Å². The number of anilines is 2. The molecule has 9 heteroatoms. The lowest BCUT2D eigenvalue weighted by Crippen LogP contribution is -2.58. The first-order chi connectivity index (χ1) is 13.6. The maximum Gasteiger partial charge on any atom is 0.230 e. The Morgan fingerprint density at radius 1 is 1.17 bits per heavy atom. The van der Waals surface area contributed by atoms with Crippen molar-refractivity contribution in [3.05, 3.63) is 56.0 Å². The zero-order valence-corrected chi connectivity index (χ0v) is 18.8. The quantitative estimate of drug-likeness (QED) is 0.458. The molecule has 3 unspecified atom stereocenters. The Kier molecular flexibility index (Phi) is 6.59. The van der Waals surface area contributed by atoms with Crippen LogP contribution in [0.4, 0.5) is 11.4 Å². The van der Waals surface area contributed by atoms with Gasteiger partial charge >= 0.3 is 0 Å². The highest BCUT2D eigenvalue weighted by Gasteiger charge is 2.54. The predicted octanol–water partition coefficient (Wildman–Crippen LogP) is 5.50. The Morgan fingerprint density at radius 3 is 2.34 bits per heavy atom. The van der Waals surface area contributed by atoms with Crippen LogP contribution in [0.25, 0.3) is 0 Å². The lowest BCUT2D eigenvalue weighted by molar-refractivity contribution is -0.126. The average molecular weight is 477 g/mol. The fraction of sp³-hybridized carbons (Fsp3) is 0.350. The van der Waals surface area contributed by atoms with Crippen LogP contribution in [0.15, 0.2) is 30.3 Å². The van der Waals surface area contributed by atoms with Crippen molar-refractivity contribution < 1.29 is 9.90 Å². The topological polar surface area (TPSA) is 87.4 Å².